The molecule has 1 N–H and O–H groups in total. The van der Waals surface area contributed by atoms with Crippen LogP contribution in [0.25, 0.3) is 0 Å². The largest absolute Gasteiger partial charge is 0.356 e. The van der Waals surface area contributed by atoms with Crippen molar-refractivity contribution >= 4 is 5.96 Å². The van der Waals surface area contributed by atoms with E-state index in [9.17, 15) is 0 Å². The Labute approximate surface area is 86.0 Å². The lowest BCUT2D eigenvalue weighted by molar-refractivity contribution is 0.392. The quantitative estimate of drug-likeness (QED) is 0.665. The molecule has 0 aromatic heterocycles. The molecule has 4 nitrogen and oxygen atoms in total. The van der Waals surface area contributed by atoms with Crippen molar-refractivity contribution in [1.82, 2.24) is 15.1 Å². The SMILES string of the molecule is CN1CCC(CNC2=NCCN2C)C1. The van der Waals surface area contributed by atoms with Crippen molar-refractivity contribution in [2.45, 2.75) is 6.42 Å². The van der Waals surface area contributed by atoms with E-state index in [4.69, 9.17) is 0 Å². The molecular weight excluding hydrogens is 176 g/mol. The standard InChI is InChI=1S/C10H20N4/c1-13-5-3-9(8-13)7-12-10-11-4-6-14(10)2/h9H,3-8H2,1-2H3,(H,11,12). The Bertz CT molecular complexity index is 226. The van der Waals surface area contributed by atoms with Crippen molar-refractivity contribution in [2.24, 2.45) is 10.9 Å². The highest BCUT2D eigenvalue weighted by atomic mass is 15.3. The Kier molecular flexibility index (Phi) is 2.91. The number of likely N-dealkylation sites (tertiary alicyclic amines) is 1. The van der Waals surface area contributed by atoms with Crippen LogP contribution in [0.4, 0.5) is 0 Å². The summed E-state index contributed by atoms with van der Waals surface area (Å²) >= 11 is 0. The molecule has 0 aromatic rings. The first-order valence-corrected chi connectivity index (χ1v) is 5.43. The second-order valence-corrected chi connectivity index (χ2v) is 4.42. The summed E-state index contributed by atoms with van der Waals surface area (Å²) in [6, 6.07) is 0. The van der Waals surface area contributed by atoms with Gasteiger partial charge in [-0.2, -0.15) is 0 Å². The minimum absolute atomic E-state index is 0.802. The van der Waals surface area contributed by atoms with E-state index in [-0.39, 0.29) is 0 Å². The molecule has 2 rings (SSSR count). The Morgan fingerprint density at radius 1 is 1.43 bits per heavy atom. The first-order valence-electron chi connectivity index (χ1n) is 5.43. The van der Waals surface area contributed by atoms with Crippen LogP contribution < -0.4 is 5.32 Å². The summed E-state index contributed by atoms with van der Waals surface area (Å²) in [6.07, 6.45) is 1.32. The molecule has 2 aliphatic heterocycles. The predicted molar refractivity (Wildman–Crippen MR) is 58.5 cm³/mol. The van der Waals surface area contributed by atoms with Gasteiger partial charge in [-0.3, -0.25) is 4.99 Å². The molecule has 0 spiro atoms. The average Bonchev–Trinajstić information content (AvgIpc) is 2.72. The maximum Gasteiger partial charge on any atom is 0.193 e. The van der Waals surface area contributed by atoms with Crippen LogP contribution in [0, 0.1) is 5.92 Å². The van der Waals surface area contributed by atoms with E-state index in [0.29, 0.717) is 0 Å². The van der Waals surface area contributed by atoms with Crippen molar-refractivity contribution in [3.05, 3.63) is 0 Å². The van der Waals surface area contributed by atoms with Crippen LogP contribution in [0.3, 0.4) is 0 Å². The van der Waals surface area contributed by atoms with E-state index in [1.807, 2.05) is 0 Å². The third kappa shape index (κ3) is 2.18. The average molecular weight is 196 g/mol. The number of guanidine groups is 1. The minimum Gasteiger partial charge on any atom is -0.356 e. The monoisotopic (exact) mass is 196 g/mol. The molecule has 1 atom stereocenters. The van der Waals surface area contributed by atoms with Gasteiger partial charge in [0.25, 0.3) is 0 Å². The molecule has 0 saturated carbocycles. The van der Waals surface area contributed by atoms with Crippen molar-refractivity contribution in [2.75, 3.05) is 46.8 Å². The normalized spacial score (nSPS) is 28.3. The fourth-order valence-electron chi connectivity index (χ4n) is 2.15. The molecule has 0 aliphatic carbocycles. The molecule has 2 aliphatic rings. The smallest absolute Gasteiger partial charge is 0.193 e. The highest BCUT2D eigenvalue weighted by Crippen LogP contribution is 2.13. The van der Waals surface area contributed by atoms with Gasteiger partial charge in [-0.15, -0.1) is 0 Å². The lowest BCUT2D eigenvalue weighted by Gasteiger charge is -2.17. The van der Waals surface area contributed by atoms with Gasteiger partial charge in [0.15, 0.2) is 5.96 Å². The first kappa shape index (κ1) is 9.77. The molecule has 1 saturated heterocycles. The van der Waals surface area contributed by atoms with E-state index < -0.39 is 0 Å². The summed E-state index contributed by atoms with van der Waals surface area (Å²) in [5.41, 5.74) is 0. The molecular formula is C10H20N4. The summed E-state index contributed by atoms with van der Waals surface area (Å²) in [6.45, 7) is 5.56. The van der Waals surface area contributed by atoms with Crippen LogP contribution in [0.15, 0.2) is 4.99 Å². The van der Waals surface area contributed by atoms with Crippen molar-refractivity contribution in [3.8, 4) is 0 Å². The van der Waals surface area contributed by atoms with Crippen LogP contribution in [0.2, 0.25) is 0 Å². The second kappa shape index (κ2) is 4.17. The summed E-state index contributed by atoms with van der Waals surface area (Å²) in [7, 11) is 4.29. The molecule has 0 bridgehead atoms. The van der Waals surface area contributed by atoms with E-state index in [1.54, 1.807) is 0 Å². The van der Waals surface area contributed by atoms with Gasteiger partial charge in [-0.1, -0.05) is 0 Å². The summed E-state index contributed by atoms with van der Waals surface area (Å²) in [5.74, 6) is 1.89. The van der Waals surface area contributed by atoms with Gasteiger partial charge in [0, 0.05) is 26.7 Å². The van der Waals surface area contributed by atoms with E-state index in [1.165, 1.54) is 19.5 Å². The van der Waals surface area contributed by atoms with Crippen LogP contribution in [0.1, 0.15) is 6.42 Å². The van der Waals surface area contributed by atoms with Gasteiger partial charge in [0.2, 0.25) is 0 Å². The van der Waals surface area contributed by atoms with Crippen LogP contribution in [-0.2, 0) is 0 Å². The van der Waals surface area contributed by atoms with Crippen LogP contribution in [-0.4, -0.2) is 62.6 Å². The molecule has 80 valence electrons. The number of nitrogens with one attached hydrogen (secondary N) is 1. The van der Waals surface area contributed by atoms with Gasteiger partial charge in [-0.05, 0) is 25.9 Å². The van der Waals surface area contributed by atoms with Crippen molar-refractivity contribution < 1.29 is 0 Å². The highest BCUT2D eigenvalue weighted by Gasteiger charge is 2.20. The third-order valence-corrected chi connectivity index (χ3v) is 3.10. The lowest BCUT2D eigenvalue weighted by atomic mass is 10.1. The zero-order chi connectivity index (χ0) is 9.97. The number of likely N-dealkylation sites (N-methyl/N-ethyl adjacent to an activating group) is 1. The van der Waals surface area contributed by atoms with Crippen LogP contribution in [0.5, 0.6) is 0 Å². The molecule has 0 aromatic carbocycles. The minimum atomic E-state index is 0.802. The first-order chi connectivity index (χ1) is 6.75. The molecule has 1 fully saturated rings. The number of nitrogens with zero attached hydrogens (tertiary/aromatic N) is 3. The van der Waals surface area contributed by atoms with E-state index in [0.717, 1.165) is 31.5 Å². The van der Waals surface area contributed by atoms with Gasteiger partial charge in [-0.25, -0.2) is 0 Å². The number of hydrogen-bond donors (Lipinski definition) is 1. The van der Waals surface area contributed by atoms with Gasteiger partial charge < -0.3 is 15.1 Å². The van der Waals surface area contributed by atoms with Crippen molar-refractivity contribution in [3.63, 3.8) is 0 Å². The Morgan fingerprint density at radius 3 is 2.86 bits per heavy atom. The maximum atomic E-state index is 4.41. The fourth-order valence-corrected chi connectivity index (χ4v) is 2.15. The number of aliphatic imine (C=N–C) groups is 1. The molecule has 2 heterocycles. The van der Waals surface area contributed by atoms with E-state index in [2.05, 4.69) is 34.2 Å². The number of rotatable bonds is 2. The molecule has 4 heteroatoms. The van der Waals surface area contributed by atoms with Gasteiger partial charge in [0.1, 0.15) is 0 Å². The zero-order valence-electron chi connectivity index (χ0n) is 9.16. The number of hydrogen-bond acceptors (Lipinski definition) is 4. The highest BCUT2D eigenvalue weighted by molar-refractivity contribution is 5.81. The zero-order valence-corrected chi connectivity index (χ0v) is 9.16. The topological polar surface area (TPSA) is 30.9 Å². The lowest BCUT2D eigenvalue weighted by Crippen LogP contribution is -2.38. The summed E-state index contributed by atoms with van der Waals surface area (Å²) in [4.78, 5) is 9.00. The summed E-state index contributed by atoms with van der Waals surface area (Å²) < 4.78 is 0. The molecule has 0 radical (unpaired) electrons. The van der Waals surface area contributed by atoms with Crippen LogP contribution >= 0.6 is 0 Å². The van der Waals surface area contributed by atoms with E-state index >= 15 is 0 Å². The predicted octanol–water partition coefficient (Wildman–Crippen LogP) is -0.171. The summed E-state index contributed by atoms with van der Waals surface area (Å²) in [5, 5.41) is 3.44. The molecule has 14 heavy (non-hydrogen) atoms. The Morgan fingerprint density at radius 2 is 2.29 bits per heavy atom. The fraction of sp³-hybridized carbons (Fsp3) is 0.900. The van der Waals surface area contributed by atoms with Gasteiger partial charge in [0.05, 0.1) is 6.54 Å². The maximum absolute atomic E-state index is 4.41. The molecule has 1 unspecified atom stereocenters. The Hall–Kier alpha value is -0.770. The van der Waals surface area contributed by atoms with Crippen molar-refractivity contribution in [1.29, 1.82) is 0 Å². The Balaban J connectivity index is 1.72. The van der Waals surface area contributed by atoms with Gasteiger partial charge >= 0.3 is 0 Å². The third-order valence-electron chi connectivity index (χ3n) is 3.10. The second-order valence-electron chi connectivity index (χ2n) is 4.42. The molecule has 0 amide bonds.